The molecule has 0 bridgehead atoms. The fourth-order valence-corrected chi connectivity index (χ4v) is 1.16. The van der Waals surface area contributed by atoms with E-state index in [-0.39, 0.29) is 5.36 Å². The third kappa shape index (κ3) is 1.10. The number of hydrogen-bond donors (Lipinski definition) is 3. The molecule has 0 amide bonds. The normalized spacial score (nSPS) is 10.5. The number of nitrogens with two attached hydrogens (primary N) is 1. The first-order valence-corrected chi connectivity index (χ1v) is 3.68. The van der Waals surface area contributed by atoms with E-state index in [0.29, 0.717) is 16.9 Å². The zero-order valence-corrected chi connectivity index (χ0v) is 6.73. The summed E-state index contributed by atoms with van der Waals surface area (Å²) >= 11 is 0. The van der Waals surface area contributed by atoms with Crippen LogP contribution >= 0.6 is 0 Å². The van der Waals surface area contributed by atoms with Crippen molar-refractivity contribution >= 4 is 5.69 Å². The van der Waals surface area contributed by atoms with Crippen molar-refractivity contribution in [2.75, 3.05) is 5.73 Å². The number of hydrogen-bond acceptors (Lipinski definition) is 4. The Hall–Kier alpha value is -2.04. The van der Waals surface area contributed by atoms with Crippen molar-refractivity contribution in [3.63, 3.8) is 0 Å². The Morgan fingerprint density at radius 1 is 1.46 bits per heavy atom. The van der Waals surface area contributed by atoms with Crippen LogP contribution in [0.25, 0.3) is 11.3 Å². The lowest BCUT2D eigenvalue weighted by atomic mass is 10.1. The zero-order chi connectivity index (χ0) is 9.42. The number of anilines is 1. The molecule has 0 atom stereocenters. The topological polar surface area (TPSA) is 87.9 Å². The molecule has 2 aliphatic rings. The molecule has 0 spiro atoms. The minimum atomic E-state index is 0.196. The molecule has 0 saturated heterocycles. The van der Waals surface area contributed by atoms with Crippen molar-refractivity contribution in [2.24, 2.45) is 0 Å². The van der Waals surface area contributed by atoms with Crippen molar-refractivity contribution in [1.82, 2.24) is 9.71 Å². The molecule has 0 unspecified atom stereocenters. The van der Waals surface area contributed by atoms with E-state index in [1.54, 1.807) is 12.3 Å². The average Bonchev–Trinajstić information content (AvgIpc) is 2.09. The standard InChI is InChI=1S/C8H8N4O/c9-6-1-5-3-11-4-12(13)8(5)2-7(6)10/h1-4,10,13H,9H2. The number of rotatable bonds is 0. The van der Waals surface area contributed by atoms with Gasteiger partial charge in [-0.25, -0.2) is 4.98 Å². The first-order chi connectivity index (χ1) is 6.18. The van der Waals surface area contributed by atoms with Crippen LogP contribution in [0.1, 0.15) is 0 Å². The Morgan fingerprint density at radius 2 is 2.23 bits per heavy atom. The molecule has 5 heteroatoms. The number of nitrogens with zero attached hydrogens (tertiary/aromatic N) is 2. The highest BCUT2D eigenvalue weighted by Gasteiger charge is 2.06. The lowest BCUT2D eigenvalue weighted by Gasteiger charge is -2.08. The first kappa shape index (κ1) is 7.60. The van der Waals surface area contributed by atoms with Crippen molar-refractivity contribution in [2.45, 2.75) is 0 Å². The molecule has 0 aromatic heterocycles. The molecular weight excluding hydrogens is 168 g/mol. The summed E-state index contributed by atoms with van der Waals surface area (Å²) in [4.78, 5) is 3.78. The summed E-state index contributed by atoms with van der Waals surface area (Å²) in [6.07, 6.45) is 2.84. The Kier molecular flexibility index (Phi) is 1.45. The lowest BCUT2D eigenvalue weighted by molar-refractivity contribution is 0.185. The summed E-state index contributed by atoms with van der Waals surface area (Å²) in [5, 5.41) is 16.9. The van der Waals surface area contributed by atoms with Gasteiger partial charge in [0.1, 0.15) is 6.33 Å². The fourth-order valence-electron chi connectivity index (χ4n) is 1.16. The van der Waals surface area contributed by atoms with E-state index in [1.165, 1.54) is 12.4 Å². The smallest absolute Gasteiger partial charge is 0.132 e. The van der Waals surface area contributed by atoms with Crippen LogP contribution in [-0.2, 0) is 0 Å². The number of fused-ring (bicyclic) bond motifs is 1. The average molecular weight is 176 g/mol. The van der Waals surface area contributed by atoms with Crippen LogP contribution in [0.4, 0.5) is 5.69 Å². The zero-order valence-electron chi connectivity index (χ0n) is 6.73. The molecule has 5 nitrogen and oxygen atoms in total. The van der Waals surface area contributed by atoms with Gasteiger partial charge in [0.2, 0.25) is 0 Å². The Labute approximate surface area is 73.9 Å². The van der Waals surface area contributed by atoms with Crippen LogP contribution in [0.2, 0.25) is 0 Å². The van der Waals surface area contributed by atoms with Crippen LogP contribution in [0.3, 0.4) is 0 Å². The third-order valence-electron chi connectivity index (χ3n) is 1.84. The van der Waals surface area contributed by atoms with Gasteiger partial charge in [-0.3, -0.25) is 5.41 Å². The van der Waals surface area contributed by atoms with Gasteiger partial charge >= 0.3 is 0 Å². The van der Waals surface area contributed by atoms with Crippen molar-refractivity contribution < 1.29 is 5.21 Å². The van der Waals surface area contributed by atoms with Crippen molar-refractivity contribution in [1.29, 1.82) is 5.41 Å². The summed E-state index contributed by atoms with van der Waals surface area (Å²) in [6, 6.07) is 3.10. The summed E-state index contributed by atoms with van der Waals surface area (Å²) in [5.74, 6) is 0. The quantitative estimate of drug-likeness (QED) is 0.398. The fraction of sp³-hybridized carbons (Fsp3) is 0. The summed E-state index contributed by atoms with van der Waals surface area (Å²) < 4.78 is 0.868. The molecule has 2 rings (SSSR count). The van der Waals surface area contributed by atoms with Crippen LogP contribution in [0, 0.1) is 5.41 Å². The monoisotopic (exact) mass is 176 g/mol. The predicted octanol–water partition coefficient (Wildman–Crippen LogP) is 0.287. The molecule has 4 N–H and O–H groups in total. The van der Waals surface area contributed by atoms with E-state index in [9.17, 15) is 5.21 Å². The third-order valence-corrected chi connectivity index (χ3v) is 1.84. The molecule has 0 aromatic rings. The van der Waals surface area contributed by atoms with E-state index in [4.69, 9.17) is 11.1 Å². The summed E-state index contributed by atoms with van der Waals surface area (Å²) in [7, 11) is 0. The molecule has 66 valence electrons. The van der Waals surface area contributed by atoms with E-state index in [0.717, 1.165) is 4.73 Å². The second-order valence-corrected chi connectivity index (χ2v) is 2.74. The SMILES string of the molecule is N=c1cc2n(O)cncc-2cc1N. The summed E-state index contributed by atoms with van der Waals surface area (Å²) in [6.45, 7) is 0. The van der Waals surface area contributed by atoms with Gasteiger partial charge in [0.15, 0.2) is 0 Å². The molecule has 0 saturated carbocycles. The van der Waals surface area contributed by atoms with Crippen LogP contribution in [-0.4, -0.2) is 14.9 Å². The van der Waals surface area contributed by atoms with Crippen molar-refractivity contribution in [3.8, 4) is 11.3 Å². The van der Waals surface area contributed by atoms with E-state index >= 15 is 0 Å². The molecule has 0 radical (unpaired) electrons. The maximum atomic E-state index is 9.32. The van der Waals surface area contributed by atoms with Gasteiger partial charge in [-0.15, -0.1) is 0 Å². The van der Waals surface area contributed by atoms with Gasteiger partial charge in [-0.1, -0.05) is 0 Å². The van der Waals surface area contributed by atoms with E-state index in [1.807, 2.05) is 0 Å². The highest BCUT2D eigenvalue weighted by atomic mass is 16.5. The largest absolute Gasteiger partial charge is 0.427 e. The van der Waals surface area contributed by atoms with Gasteiger partial charge < -0.3 is 10.9 Å². The molecule has 0 fully saturated rings. The molecule has 1 heterocycles. The molecule has 13 heavy (non-hydrogen) atoms. The van der Waals surface area contributed by atoms with Crippen LogP contribution in [0.15, 0.2) is 24.7 Å². The Bertz CT molecular complexity index is 476. The van der Waals surface area contributed by atoms with E-state index < -0.39 is 0 Å². The number of aromatic nitrogens is 2. The number of nitrogen functional groups attached to an aromatic ring is 1. The predicted molar refractivity (Wildman–Crippen MR) is 46.3 cm³/mol. The van der Waals surface area contributed by atoms with Crippen LogP contribution < -0.4 is 11.1 Å². The second-order valence-electron chi connectivity index (χ2n) is 2.74. The number of nitrogens with one attached hydrogen (secondary N) is 1. The molecule has 1 aliphatic heterocycles. The van der Waals surface area contributed by atoms with Gasteiger partial charge in [0.05, 0.1) is 16.7 Å². The summed E-state index contributed by atoms with van der Waals surface area (Å²) in [5.41, 5.74) is 7.13. The maximum Gasteiger partial charge on any atom is 0.132 e. The first-order valence-electron chi connectivity index (χ1n) is 3.68. The van der Waals surface area contributed by atoms with Crippen LogP contribution in [0.5, 0.6) is 0 Å². The minimum Gasteiger partial charge on any atom is -0.427 e. The highest BCUT2D eigenvalue weighted by Crippen LogP contribution is 2.18. The minimum absolute atomic E-state index is 0.196. The Balaban J connectivity index is 2.89. The Morgan fingerprint density at radius 3 is 3.00 bits per heavy atom. The van der Waals surface area contributed by atoms with Gasteiger partial charge in [0, 0.05) is 11.8 Å². The van der Waals surface area contributed by atoms with Gasteiger partial charge in [-0.05, 0) is 12.1 Å². The second kappa shape index (κ2) is 2.48. The van der Waals surface area contributed by atoms with Crippen molar-refractivity contribution in [3.05, 3.63) is 30.0 Å². The molecule has 0 aromatic carbocycles. The number of benzene rings is 1. The molecular formula is C8H8N4O. The van der Waals surface area contributed by atoms with Gasteiger partial charge in [-0.2, -0.15) is 4.73 Å². The maximum absolute atomic E-state index is 9.32. The van der Waals surface area contributed by atoms with Gasteiger partial charge in [0.25, 0.3) is 0 Å². The highest BCUT2D eigenvalue weighted by molar-refractivity contribution is 5.64. The lowest BCUT2D eigenvalue weighted by Crippen LogP contribution is -2.11. The molecule has 1 aliphatic carbocycles. The van der Waals surface area contributed by atoms with E-state index in [2.05, 4.69) is 4.98 Å².